The molecule has 2 fully saturated rings. The standard InChI is InChI=1S/C16H22N2O2/c1-20-14-5-2-12(3-6-14)11-18-15-8-9-17-10-13(15)4-7-16(18)19/h2-3,5-6,13,15,17H,4,7-11H2,1H3/t13-,15+/m0/s1. The molecule has 0 unspecified atom stereocenters. The first-order valence-electron chi connectivity index (χ1n) is 7.41. The molecule has 0 bridgehead atoms. The van der Waals surface area contributed by atoms with Crippen molar-refractivity contribution in [3.8, 4) is 5.75 Å². The maximum Gasteiger partial charge on any atom is 0.223 e. The quantitative estimate of drug-likeness (QED) is 0.914. The Bertz CT molecular complexity index is 472. The first kappa shape index (κ1) is 13.4. The summed E-state index contributed by atoms with van der Waals surface area (Å²) in [5.74, 6) is 1.79. The predicted molar refractivity (Wildman–Crippen MR) is 77.5 cm³/mol. The number of hydrogen-bond donors (Lipinski definition) is 1. The molecule has 0 aromatic heterocycles. The fourth-order valence-corrected chi connectivity index (χ4v) is 3.38. The van der Waals surface area contributed by atoms with Crippen LogP contribution in [-0.2, 0) is 11.3 Å². The van der Waals surface area contributed by atoms with E-state index < -0.39 is 0 Å². The molecule has 1 amide bonds. The van der Waals surface area contributed by atoms with Crippen LogP contribution in [-0.4, -0.2) is 37.0 Å². The van der Waals surface area contributed by atoms with Crippen molar-refractivity contribution in [1.82, 2.24) is 10.2 Å². The molecule has 0 saturated carbocycles. The minimum absolute atomic E-state index is 0.309. The zero-order valence-corrected chi connectivity index (χ0v) is 12.0. The van der Waals surface area contributed by atoms with Crippen LogP contribution >= 0.6 is 0 Å². The lowest BCUT2D eigenvalue weighted by Gasteiger charge is -2.44. The number of methoxy groups -OCH3 is 1. The summed E-state index contributed by atoms with van der Waals surface area (Å²) in [6, 6.07) is 8.45. The zero-order chi connectivity index (χ0) is 13.9. The third-order valence-electron chi connectivity index (χ3n) is 4.53. The number of piperidine rings is 2. The van der Waals surface area contributed by atoms with Crippen LogP contribution in [0.2, 0.25) is 0 Å². The van der Waals surface area contributed by atoms with Crippen molar-refractivity contribution < 1.29 is 9.53 Å². The van der Waals surface area contributed by atoms with E-state index in [2.05, 4.69) is 22.3 Å². The summed E-state index contributed by atoms with van der Waals surface area (Å²) in [5.41, 5.74) is 1.18. The molecule has 4 nitrogen and oxygen atoms in total. The van der Waals surface area contributed by atoms with Gasteiger partial charge in [0.2, 0.25) is 5.91 Å². The minimum Gasteiger partial charge on any atom is -0.497 e. The molecule has 108 valence electrons. The Morgan fingerprint density at radius 3 is 2.85 bits per heavy atom. The maximum absolute atomic E-state index is 12.3. The molecule has 1 aromatic carbocycles. The van der Waals surface area contributed by atoms with Gasteiger partial charge < -0.3 is 15.0 Å². The van der Waals surface area contributed by atoms with Gasteiger partial charge >= 0.3 is 0 Å². The molecule has 2 atom stereocenters. The average Bonchev–Trinajstić information content (AvgIpc) is 2.51. The largest absolute Gasteiger partial charge is 0.497 e. The Morgan fingerprint density at radius 1 is 1.30 bits per heavy atom. The van der Waals surface area contributed by atoms with Crippen molar-refractivity contribution in [2.24, 2.45) is 5.92 Å². The fraction of sp³-hybridized carbons (Fsp3) is 0.562. The monoisotopic (exact) mass is 274 g/mol. The lowest BCUT2D eigenvalue weighted by atomic mass is 9.84. The number of fused-ring (bicyclic) bond motifs is 1. The highest BCUT2D eigenvalue weighted by atomic mass is 16.5. The summed E-state index contributed by atoms with van der Waals surface area (Å²) in [4.78, 5) is 14.4. The lowest BCUT2D eigenvalue weighted by Crippen LogP contribution is -2.54. The van der Waals surface area contributed by atoms with E-state index >= 15 is 0 Å². The van der Waals surface area contributed by atoms with Crippen LogP contribution in [0.4, 0.5) is 0 Å². The molecule has 20 heavy (non-hydrogen) atoms. The summed E-state index contributed by atoms with van der Waals surface area (Å²) in [6.07, 6.45) is 2.81. The molecule has 0 spiro atoms. The first-order chi connectivity index (χ1) is 9.78. The van der Waals surface area contributed by atoms with E-state index in [1.54, 1.807) is 7.11 Å². The molecule has 3 rings (SSSR count). The van der Waals surface area contributed by atoms with E-state index in [-0.39, 0.29) is 0 Å². The van der Waals surface area contributed by atoms with Crippen molar-refractivity contribution in [3.05, 3.63) is 29.8 Å². The Labute approximate surface area is 120 Å². The summed E-state index contributed by atoms with van der Waals surface area (Å²) < 4.78 is 5.18. The Hall–Kier alpha value is -1.55. The van der Waals surface area contributed by atoms with Gasteiger partial charge in [-0.1, -0.05) is 12.1 Å². The summed E-state index contributed by atoms with van der Waals surface area (Å²) in [7, 11) is 1.67. The number of nitrogens with zero attached hydrogens (tertiary/aromatic N) is 1. The molecule has 0 aliphatic carbocycles. The number of rotatable bonds is 3. The predicted octanol–water partition coefficient (Wildman–Crippen LogP) is 1.80. The number of amides is 1. The van der Waals surface area contributed by atoms with E-state index in [1.807, 2.05) is 12.1 Å². The van der Waals surface area contributed by atoms with Gasteiger partial charge in [-0.05, 0) is 49.5 Å². The maximum atomic E-state index is 12.3. The Kier molecular flexibility index (Phi) is 3.92. The third kappa shape index (κ3) is 2.66. The van der Waals surface area contributed by atoms with Crippen LogP contribution in [0.15, 0.2) is 24.3 Å². The van der Waals surface area contributed by atoms with E-state index in [1.165, 1.54) is 5.56 Å². The normalized spacial score (nSPS) is 26.2. The first-order valence-corrected chi connectivity index (χ1v) is 7.41. The minimum atomic E-state index is 0.309. The number of nitrogens with one attached hydrogen (secondary N) is 1. The molecule has 1 N–H and O–H groups in total. The molecule has 2 aliphatic rings. The fourth-order valence-electron chi connectivity index (χ4n) is 3.38. The number of hydrogen-bond acceptors (Lipinski definition) is 3. The Balaban J connectivity index is 1.74. The van der Waals surface area contributed by atoms with Gasteiger partial charge in [-0.25, -0.2) is 0 Å². The molecule has 2 aliphatic heterocycles. The number of likely N-dealkylation sites (tertiary alicyclic amines) is 1. The van der Waals surface area contributed by atoms with Gasteiger partial charge in [0.1, 0.15) is 5.75 Å². The summed E-state index contributed by atoms with van der Waals surface area (Å²) >= 11 is 0. The van der Waals surface area contributed by atoms with Crippen LogP contribution in [0, 0.1) is 5.92 Å². The SMILES string of the molecule is COc1ccc(CN2C(=O)CC[C@H]3CNCC[C@H]32)cc1. The van der Waals surface area contributed by atoms with Crippen molar-refractivity contribution in [2.75, 3.05) is 20.2 Å². The van der Waals surface area contributed by atoms with Crippen LogP contribution < -0.4 is 10.1 Å². The number of carbonyl (C=O) groups excluding carboxylic acids is 1. The van der Waals surface area contributed by atoms with Crippen LogP contribution in [0.25, 0.3) is 0 Å². The van der Waals surface area contributed by atoms with Crippen molar-refractivity contribution in [3.63, 3.8) is 0 Å². The third-order valence-corrected chi connectivity index (χ3v) is 4.53. The van der Waals surface area contributed by atoms with E-state index in [0.717, 1.165) is 38.2 Å². The van der Waals surface area contributed by atoms with E-state index in [9.17, 15) is 4.79 Å². The number of ether oxygens (including phenoxy) is 1. The van der Waals surface area contributed by atoms with Gasteiger partial charge in [0.25, 0.3) is 0 Å². The van der Waals surface area contributed by atoms with Crippen LogP contribution in [0.5, 0.6) is 5.75 Å². The highest BCUT2D eigenvalue weighted by Crippen LogP contribution is 2.30. The summed E-state index contributed by atoms with van der Waals surface area (Å²) in [6.45, 7) is 2.80. The molecule has 1 aromatic rings. The lowest BCUT2D eigenvalue weighted by molar-refractivity contribution is -0.140. The van der Waals surface area contributed by atoms with Crippen molar-refractivity contribution in [1.29, 1.82) is 0 Å². The second kappa shape index (κ2) is 5.83. The van der Waals surface area contributed by atoms with Gasteiger partial charge in [-0.2, -0.15) is 0 Å². The Morgan fingerprint density at radius 2 is 2.10 bits per heavy atom. The van der Waals surface area contributed by atoms with Gasteiger partial charge in [0.15, 0.2) is 0 Å². The van der Waals surface area contributed by atoms with Gasteiger partial charge in [-0.15, -0.1) is 0 Å². The molecule has 4 heteroatoms. The molecule has 2 saturated heterocycles. The van der Waals surface area contributed by atoms with Gasteiger partial charge in [0.05, 0.1) is 7.11 Å². The number of benzene rings is 1. The second-order valence-corrected chi connectivity index (χ2v) is 5.73. The van der Waals surface area contributed by atoms with Crippen molar-refractivity contribution >= 4 is 5.91 Å². The smallest absolute Gasteiger partial charge is 0.223 e. The highest BCUT2D eigenvalue weighted by Gasteiger charge is 2.36. The average molecular weight is 274 g/mol. The van der Waals surface area contributed by atoms with E-state index in [0.29, 0.717) is 24.3 Å². The molecular weight excluding hydrogens is 252 g/mol. The summed E-state index contributed by atoms with van der Waals surface area (Å²) in [5, 5.41) is 3.44. The van der Waals surface area contributed by atoms with Gasteiger partial charge in [0, 0.05) is 19.0 Å². The van der Waals surface area contributed by atoms with Crippen molar-refractivity contribution in [2.45, 2.75) is 31.8 Å². The van der Waals surface area contributed by atoms with Crippen LogP contribution in [0.1, 0.15) is 24.8 Å². The number of carbonyl (C=O) groups is 1. The molecular formula is C16H22N2O2. The van der Waals surface area contributed by atoms with Crippen LogP contribution in [0.3, 0.4) is 0 Å². The second-order valence-electron chi connectivity index (χ2n) is 5.73. The molecule has 2 heterocycles. The zero-order valence-electron chi connectivity index (χ0n) is 12.0. The van der Waals surface area contributed by atoms with E-state index in [4.69, 9.17) is 4.74 Å². The topological polar surface area (TPSA) is 41.6 Å². The highest BCUT2D eigenvalue weighted by molar-refractivity contribution is 5.77. The van der Waals surface area contributed by atoms with Gasteiger partial charge in [-0.3, -0.25) is 4.79 Å². The molecule has 0 radical (unpaired) electrons.